The minimum Gasteiger partial charge on any atom is -0.486 e. The Balaban J connectivity index is 1.73. The molecule has 140 valence electrons. The van der Waals surface area contributed by atoms with Crippen LogP contribution in [-0.4, -0.2) is 27.3 Å². The van der Waals surface area contributed by atoms with Crippen molar-refractivity contribution in [2.24, 2.45) is 0 Å². The second-order valence-electron chi connectivity index (χ2n) is 5.96. The molecule has 0 saturated heterocycles. The summed E-state index contributed by atoms with van der Waals surface area (Å²) in [6.45, 7) is 0.233. The third-order valence-corrected chi connectivity index (χ3v) is 6.19. The number of fused-ring (bicyclic) bond motifs is 1. The van der Waals surface area contributed by atoms with Crippen molar-refractivity contribution in [3.8, 4) is 16.9 Å². The largest absolute Gasteiger partial charge is 0.486 e. The van der Waals surface area contributed by atoms with Gasteiger partial charge in [0.15, 0.2) is 10.1 Å². The molecule has 0 spiro atoms. The highest BCUT2D eigenvalue weighted by Crippen LogP contribution is 2.35. The van der Waals surface area contributed by atoms with Crippen molar-refractivity contribution in [3.05, 3.63) is 71.9 Å². The second-order valence-corrected chi connectivity index (χ2v) is 7.99. The Morgan fingerprint density at radius 1 is 1.14 bits per heavy atom. The standard InChI is InChI=1S/C21H16N2O3S2/c1-27-21-23-17-18(16(20(24)25)11-22-19(17)28-21)26-12-14-9-5-6-10-15(14)13-7-3-2-4-8-13/h2-11H,12H2,1H3,(H,24,25). The minimum absolute atomic E-state index is 0.0163. The number of carboxylic acid groups (broad SMARTS) is 1. The number of aromatic nitrogens is 2. The van der Waals surface area contributed by atoms with Gasteiger partial charge in [0.05, 0.1) is 0 Å². The number of ether oxygens (including phenoxy) is 1. The zero-order chi connectivity index (χ0) is 19.5. The summed E-state index contributed by atoms with van der Waals surface area (Å²) in [6, 6.07) is 18.0. The molecule has 0 fully saturated rings. The number of aromatic carboxylic acids is 1. The van der Waals surface area contributed by atoms with Gasteiger partial charge in [-0.2, -0.15) is 0 Å². The van der Waals surface area contributed by atoms with Gasteiger partial charge in [-0.3, -0.25) is 0 Å². The molecule has 28 heavy (non-hydrogen) atoms. The van der Waals surface area contributed by atoms with E-state index in [9.17, 15) is 9.90 Å². The summed E-state index contributed by atoms with van der Waals surface area (Å²) in [7, 11) is 0. The van der Waals surface area contributed by atoms with E-state index in [1.165, 1.54) is 29.3 Å². The molecule has 0 radical (unpaired) electrons. The number of carbonyl (C=O) groups is 1. The molecule has 2 heterocycles. The minimum atomic E-state index is -1.08. The van der Waals surface area contributed by atoms with E-state index in [-0.39, 0.29) is 17.9 Å². The molecule has 1 N–H and O–H groups in total. The van der Waals surface area contributed by atoms with Gasteiger partial charge >= 0.3 is 5.97 Å². The van der Waals surface area contributed by atoms with Gasteiger partial charge in [-0.25, -0.2) is 14.8 Å². The van der Waals surface area contributed by atoms with Gasteiger partial charge in [-0.15, -0.1) is 0 Å². The van der Waals surface area contributed by atoms with Crippen LogP contribution in [0.15, 0.2) is 65.1 Å². The summed E-state index contributed by atoms with van der Waals surface area (Å²) >= 11 is 2.92. The van der Waals surface area contributed by atoms with Gasteiger partial charge in [-0.1, -0.05) is 77.7 Å². The van der Waals surface area contributed by atoms with E-state index >= 15 is 0 Å². The Hall–Kier alpha value is -2.90. The normalized spacial score (nSPS) is 10.9. The van der Waals surface area contributed by atoms with Crippen LogP contribution in [0.3, 0.4) is 0 Å². The highest BCUT2D eigenvalue weighted by Gasteiger charge is 2.20. The molecule has 4 aromatic rings. The lowest BCUT2D eigenvalue weighted by molar-refractivity contribution is 0.0691. The van der Waals surface area contributed by atoms with E-state index < -0.39 is 5.97 Å². The van der Waals surface area contributed by atoms with E-state index in [1.807, 2.05) is 60.9 Å². The lowest BCUT2D eigenvalue weighted by Crippen LogP contribution is -2.05. The summed E-state index contributed by atoms with van der Waals surface area (Å²) in [5.74, 6) is -0.823. The van der Waals surface area contributed by atoms with E-state index in [0.29, 0.717) is 10.3 Å². The first-order valence-corrected chi connectivity index (χ1v) is 10.5. The molecule has 5 nitrogen and oxygen atoms in total. The maximum atomic E-state index is 11.7. The molecule has 7 heteroatoms. The second kappa shape index (κ2) is 8.00. The molecule has 0 aliphatic carbocycles. The fraction of sp³-hybridized carbons (Fsp3) is 0.0952. The lowest BCUT2D eigenvalue weighted by atomic mass is 10.0. The number of benzene rings is 2. The lowest BCUT2D eigenvalue weighted by Gasteiger charge is -2.13. The Morgan fingerprint density at radius 2 is 1.89 bits per heavy atom. The molecule has 2 aromatic carbocycles. The van der Waals surface area contributed by atoms with Crippen LogP contribution in [-0.2, 0) is 6.61 Å². The molecule has 0 atom stereocenters. The van der Waals surface area contributed by atoms with Crippen LogP contribution in [0, 0.1) is 0 Å². The molecule has 0 saturated carbocycles. The predicted molar refractivity (Wildman–Crippen MR) is 112 cm³/mol. The van der Waals surface area contributed by atoms with Gasteiger partial charge in [0.1, 0.15) is 22.5 Å². The molecule has 0 aliphatic heterocycles. The summed E-state index contributed by atoms with van der Waals surface area (Å²) in [5, 5.41) is 9.57. The fourth-order valence-electron chi connectivity index (χ4n) is 2.92. The average Bonchev–Trinajstić information content (AvgIpc) is 3.16. The first-order valence-electron chi connectivity index (χ1n) is 8.50. The van der Waals surface area contributed by atoms with Crippen LogP contribution in [0.5, 0.6) is 5.75 Å². The third kappa shape index (κ3) is 3.58. The molecule has 4 rings (SSSR count). The van der Waals surface area contributed by atoms with Crippen LogP contribution < -0.4 is 4.74 Å². The Labute approximate surface area is 170 Å². The smallest absolute Gasteiger partial charge is 0.341 e. The zero-order valence-corrected chi connectivity index (χ0v) is 16.6. The van der Waals surface area contributed by atoms with Crippen LogP contribution in [0.2, 0.25) is 0 Å². The fourth-order valence-corrected chi connectivity index (χ4v) is 4.31. The summed E-state index contributed by atoms with van der Waals surface area (Å²) in [4.78, 5) is 21.1. The van der Waals surface area contributed by atoms with Crippen LogP contribution in [0.1, 0.15) is 15.9 Å². The maximum absolute atomic E-state index is 11.7. The van der Waals surface area contributed by atoms with Crippen LogP contribution >= 0.6 is 23.1 Å². The Morgan fingerprint density at radius 3 is 2.64 bits per heavy atom. The number of pyridine rings is 1. The zero-order valence-electron chi connectivity index (χ0n) is 15.0. The molecular formula is C21H16N2O3S2. The van der Waals surface area contributed by atoms with Crippen molar-refractivity contribution in [2.75, 3.05) is 6.26 Å². The molecule has 0 bridgehead atoms. The predicted octanol–water partition coefficient (Wildman–Crippen LogP) is 5.36. The summed E-state index contributed by atoms with van der Waals surface area (Å²) < 4.78 is 6.85. The van der Waals surface area contributed by atoms with Gasteiger partial charge in [-0.05, 0) is 22.9 Å². The molecule has 0 amide bonds. The monoisotopic (exact) mass is 408 g/mol. The maximum Gasteiger partial charge on any atom is 0.341 e. The third-order valence-electron chi connectivity index (χ3n) is 4.24. The highest BCUT2D eigenvalue weighted by atomic mass is 32.2. The number of hydrogen-bond acceptors (Lipinski definition) is 6. The average molecular weight is 409 g/mol. The van der Waals surface area contributed by atoms with Crippen molar-refractivity contribution < 1.29 is 14.6 Å². The van der Waals surface area contributed by atoms with Crippen molar-refractivity contribution >= 4 is 39.4 Å². The Kier molecular flexibility index (Phi) is 5.27. The number of carboxylic acids is 1. The molecular weight excluding hydrogens is 392 g/mol. The van der Waals surface area contributed by atoms with E-state index in [4.69, 9.17) is 4.74 Å². The summed E-state index contributed by atoms with van der Waals surface area (Å²) in [6.07, 6.45) is 3.26. The summed E-state index contributed by atoms with van der Waals surface area (Å²) in [5.41, 5.74) is 3.61. The number of hydrogen-bond donors (Lipinski definition) is 1. The number of thiazole rings is 1. The number of thioether (sulfide) groups is 1. The van der Waals surface area contributed by atoms with E-state index in [2.05, 4.69) is 9.97 Å². The van der Waals surface area contributed by atoms with E-state index in [1.54, 1.807) is 0 Å². The van der Waals surface area contributed by atoms with Crippen molar-refractivity contribution in [3.63, 3.8) is 0 Å². The van der Waals surface area contributed by atoms with Gasteiger partial charge in [0.25, 0.3) is 0 Å². The van der Waals surface area contributed by atoms with Crippen molar-refractivity contribution in [1.82, 2.24) is 9.97 Å². The van der Waals surface area contributed by atoms with Gasteiger partial charge in [0.2, 0.25) is 0 Å². The first-order chi connectivity index (χ1) is 13.7. The molecule has 2 aromatic heterocycles. The topological polar surface area (TPSA) is 72.3 Å². The highest BCUT2D eigenvalue weighted by molar-refractivity contribution is 8.00. The van der Waals surface area contributed by atoms with Crippen LogP contribution in [0.25, 0.3) is 21.5 Å². The van der Waals surface area contributed by atoms with Gasteiger partial charge < -0.3 is 9.84 Å². The SMILES string of the molecule is CSc1nc2c(OCc3ccccc3-c3ccccc3)c(C(=O)O)cnc2s1. The quantitative estimate of drug-likeness (QED) is 0.433. The molecule has 0 unspecified atom stereocenters. The van der Waals surface area contributed by atoms with Crippen molar-refractivity contribution in [2.45, 2.75) is 10.9 Å². The number of rotatable bonds is 6. The van der Waals surface area contributed by atoms with E-state index in [0.717, 1.165) is 21.0 Å². The first kappa shape index (κ1) is 18.5. The molecule has 0 aliphatic rings. The van der Waals surface area contributed by atoms with Crippen molar-refractivity contribution in [1.29, 1.82) is 0 Å². The van der Waals surface area contributed by atoms with Crippen LogP contribution in [0.4, 0.5) is 0 Å². The van der Waals surface area contributed by atoms with Gasteiger partial charge in [0, 0.05) is 6.20 Å². The Bertz CT molecular complexity index is 1140. The number of nitrogens with zero attached hydrogens (tertiary/aromatic N) is 2.